The molecule has 2 fully saturated rings. The molecule has 5 nitrogen and oxygen atoms in total. The second kappa shape index (κ2) is 5.75. The Hall–Kier alpha value is -1.05. The second-order valence-corrected chi connectivity index (χ2v) is 4.89. The number of ether oxygens (including phenoxy) is 4. The molecule has 110 valence electrons. The van der Waals surface area contributed by atoms with Crippen molar-refractivity contribution in [2.45, 2.75) is 37.1 Å². The minimum atomic E-state index is -1.58. The van der Waals surface area contributed by atoms with E-state index in [4.69, 9.17) is 18.9 Å². The summed E-state index contributed by atoms with van der Waals surface area (Å²) in [4.78, 5) is 0. The lowest BCUT2D eigenvalue weighted by Crippen LogP contribution is -2.60. The predicted molar refractivity (Wildman–Crippen MR) is 66.6 cm³/mol. The Balaban J connectivity index is 1.74. The number of hydrogen-bond acceptors (Lipinski definition) is 5. The minimum absolute atomic E-state index is 0.192. The lowest BCUT2D eigenvalue weighted by Gasteiger charge is -2.45. The Morgan fingerprint density at radius 2 is 2.00 bits per heavy atom. The van der Waals surface area contributed by atoms with Gasteiger partial charge in [0.05, 0.1) is 6.61 Å². The quantitative estimate of drug-likeness (QED) is 0.883. The largest absolute Gasteiger partial charge is 0.385 e. The van der Waals surface area contributed by atoms with Gasteiger partial charge in [-0.3, -0.25) is 0 Å². The van der Waals surface area contributed by atoms with Crippen LogP contribution < -0.4 is 0 Å². The van der Waals surface area contributed by atoms with Crippen LogP contribution in [-0.4, -0.2) is 49.6 Å². The molecule has 0 aromatic heterocycles. The van der Waals surface area contributed by atoms with Gasteiger partial charge in [0.2, 0.25) is 0 Å². The Bertz CT molecular complexity index is 440. The topological polar surface area (TPSA) is 57.2 Å². The van der Waals surface area contributed by atoms with Crippen molar-refractivity contribution in [2.24, 2.45) is 0 Å². The van der Waals surface area contributed by atoms with Gasteiger partial charge in [-0.05, 0) is 0 Å². The van der Waals surface area contributed by atoms with E-state index in [1.165, 1.54) is 7.11 Å². The van der Waals surface area contributed by atoms with Crippen LogP contribution in [0.4, 0.5) is 4.39 Å². The van der Waals surface area contributed by atoms with Gasteiger partial charge in [0.15, 0.2) is 18.8 Å². The fraction of sp³-hybridized carbons (Fsp3) is 0.571. The standard InChI is InChI=1S/C14H17FO5/c1-17-14-11(16)10(15)12-9(19-14)7-18-13(20-12)8-5-3-2-4-6-8/h2-6,9-14,16H,7H2,1H3/t9-,10-,11+,12-,13-,14+/m1/s1. The monoisotopic (exact) mass is 284 g/mol. The number of aliphatic hydroxyl groups is 1. The molecular formula is C14H17FO5. The van der Waals surface area contributed by atoms with E-state index in [2.05, 4.69) is 0 Å². The molecule has 1 N–H and O–H groups in total. The van der Waals surface area contributed by atoms with Gasteiger partial charge in [-0.15, -0.1) is 0 Å². The zero-order valence-electron chi connectivity index (χ0n) is 11.0. The molecule has 1 aromatic rings. The molecule has 6 atom stereocenters. The molecule has 0 spiro atoms. The molecule has 2 aliphatic heterocycles. The van der Waals surface area contributed by atoms with Crippen LogP contribution in [-0.2, 0) is 18.9 Å². The summed E-state index contributed by atoms with van der Waals surface area (Å²) in [5, 5.41) is 9.79. The van der Waals surface area contributed by atoms with Gasteiger partial charge in [-0.2, -0.15) is 0 Å². The summed E-state index contributed by atoms with van der Waals surface area (Å²) in [5.74, 6) is 0. The van der Waals surface area contributed by atoms with Gasteiger partial charge < -0.3 is 24.1 Å². The summed E-state index contributed by atoms with van der Waals surface area (Å²) >= 11 is 0. The molecule has 1 aromatic carbocycles. The zero-order chi connectivity index (χ0) is 14.1. The number of alkyl halides is 1. The van der Waals surface area contributed by atoms with E-state index >= 15 is 0 Å². The van der Waals surface area contributed by atoms with Crippen molar-refractivity contribution in [2.75, 3.05) is 13.7 Å². The molecule has 0 aliphatic carbocycles. The maximum atomic E-state index is 14.2. The number of benzene rings is 1. The molecule has 2 saturated heterocycles. The van der Waals surface area contributed by atoms with Gasteiger partial charge in [-0.25, -0.2) is 4.39 Å². The van der Waals surface area contributed by atoms with E-state index in [9.17, 15) is 9.50 Å². The summed E-state index contributed by atoms with van der Waals surface area (Å²) in [7, 11) is 1.36. The molecule has 2 aliphatic rings. The molecule has 0 unspecified atom stereocenters. The number of hydrogen-bond donors (Lipinski definition) is 1. The number of fused-ring (bicyclic) bond motifs is 1. The Morgan fingerprint density at radius 3 is 2.70 bits per heavy atom. The average molecular weight is 284 g/mol. The molecule has 0 amide bonds. The van der Waals surface area contributed by atoms with Crippen LogP contribution in [0.3, 0.4) is 0 Å². The highest BCUT2D eigenvalue weighted by Crippen LogP contribution is 2.35. The van der Waals surface area contributed by atoms with Crippen LogP contribution in [0.15, 0.2) is 30.3 Å². The predicted octanol–water partition coefficient (Wildman–Crippen LogP) is 1.17. The van der Waals surface area contributed by atoms with E-state index < -0.39 is 37.1 Å². The Labute approximate surface area is 116 Å². The number of methoxy groups -OCH3 is 1. The molecule has 0 saturated carbocycles. The molecule has 20 heavy (non-hydrogen) atoms. The highest BCUT2D eigenvalue weighted by molar-refractivity contribution is 5.16. The van der Waals surface area contributed by atoms with Crippen LogP contribution >= 0.6 is 0 Å². The van der Waals surface area contributed by atoms with Gasteiger partial charge >= 0.3 is 0 Å². The van der Waals surface area contributed by atoms with Crippen LogP contribution in [0.5, 0.6) is 0 Å². The molecular weight excluding hydrogens is 267 g/mol. The first-order chi connectivity index (χ1) is 9.70. The first-order valence-electron chi connectivity index (χ1n) is 6.53. The summed E-state index contributed by atoms with van der Waals surface area (Å²) in [6.07, 6.45) is -6.03. The number of rotatable bonds is 2. The zero-order valence-corrected chi connectivity index (χ0v) is 11.0. The first kappa shape index (κ1) is 13.9. The van der Waals surface area contributed by atoms with Gasteiger partial charge in [0.1, 0.15) is 18.3 Å². The van der Waals surface area contributed by atoms with Gasteiger partial charge in [-0.1, -0.05) is 30.3 Å². The fourth-order valence-electron chi connectivity index (χ4n) is 2.52. The first-order valence-corrected chi connectivity index (χ1v) is 6.53. The summed E-state index contributed by atoms with van der Waals surface area (Å²) in [5.41, 5.74) is 0.807. The molecule has 6 heteroatoms. The van der Waals surface area contributed by atoms with Crippen molar-refractivity contribution in [3.8, 4) is 0 Å². The van der Waals surface area contributed by atoms with E-state index in [-0.39, 0.29) is 6.61 Å². The third-order valence-corrected chi connectivity index (χ3v) is 3.59. The SMILES string of the molecule is CO[C@H]1O[C@@H]2CO[C@@H](c3ccccc3)O[C@H]2[C@H](F)[C@@H]1O. The van der Waals surface area contributed by atoms with Crippen molar-refractivity contribution in [3.63, 3.8) is 0 Å². The lowest BCUT2D eigenvalue weighted by molar-refractivity contribution is -0.350. The molecule has 0 bridgehead atoms. The molecule has 3 rings (SSSR count). The summed E-state index contributed by atoms with van der Waals surface area (Å²) < 4.78 is 35.8. The third kappa shape index (κ3) is 2.45. The van der Waals surface area contributed by atoms with Crippen LogP contribution in [0.1, 0.15) is 11.9 Å². The van der Waals surface area contributed by atoms with Crippen LogP contribution in [0, 0.1) is 0 Å². The lowest BCUT2D eigenvalue weighted by atomic mass is 9.99. The van der Waals surface area contributed by atoms with Crippen LogP contribution in [0.2, 0.25) is 0 Å². The van der Waals surface area contributed by atoms with Gasteiger partial charge in [0, 0.05) is 12.7 Å². The summed E-state index contributed by atoms with van der Waals surface area (Å²) in [6.45, 7) is 0.192. The molecule has 2 heterocycles. The Morgan fingerprint density at radius 1 is 1.25 bits per heavy atom. The average Bonchev–Trinajstić information content (AvgIpc) is 2.51. The number of halogens is 1. The van der Waals surface area contributed by atoms with E-state index in [1.54, 1.807) is 0 Å². The van der Waals surface area contributed by atoms with Crippen molar-refractivity contribution >= 4 is 0 Å². The number of aliphatic hydroxyl groups excluding tert-OH is 1. The second-order valence-electron chi connectivity index (χ2n) is 4.89. The van der Waals surface area contributed by atoms with Crippen molar-refractivity contribution in [1.29, 1.82) is 0 Å². The molecule has 0 radical (unpaired) electrons. The highest BCUT2D eigenvalue weighted by atomic mass is 19.1. The van der Waals surface area contributed by atoms with Crippen molar-refractivity contribution in [3.05, 3.63) is 35.9 Å². The highest BCUT2D eigenvalue weighted by Gasteiger charge is 2.50. The maximum Gasteiger partial charge on any atom is 0.186 e. The summed E-state index contributed by atoms with van der Waals surface area (Å²) in [6, 6.07) is 9.28. The van der Waals surface area contributed by atoms with Crippen molar-refractivity contribution < 1.29 is 28.4 Å². The van der Waals surface area contributed by atoms with Gasteiger partial charge in [0.25, 0.3) is 0 Å². The fourth-order valence-corrected chi connectivity index (χ4v) is 2.52. The van der Waals surface area contributed by atoms with Crippen LogP contribution in [0.25, 0.3) is 0 Å². The van der Waals surface area contributed by atoms with E-state index in [1.807, 2.05) is 30.3 Å². The normalized spacial score (nSPS) is 41.1. The Kier molecular flexibility index (Phi) is 4.00. The van der Waals surface area contributed by atoms with E-state index in [0.717, 1.165) is 5.56 Å². The van der Waals surface area contributed by atoms with Crippen molar-refractivity contribution in [1.82, 2.24) is 0 Å². The van der Waals surface area contributed by atoms with E-state index in [0.29, 0.717) is 0 Å². The smallest absolute Gasteiger partial charge is 0.186 e. The third-order valence-electron chi connectivity index (χ3n) is 3.59. The maximum absolute atomic E-state index is 14.2. The minimum Gasteiger partial charge on any atom is -0.385 e.